The number of nitrogens with zero attached hydrogens (tertiary/aromatic N) is 2. The number of anilines is 1. The third-order valence-corrected chi connectivity index (χ3v) is 3.16. The maximum absolute atomic E-state index is 4.56. The van der Waals surface area contributed by atoms with Crippen molar-refractivity contribution in [2.45, 2.75) is 37.3 Å². The van der Waals surface area contributed by atoms with E-state index in [2.05, 4.69) is 44.8 Å². The molecule has 1 rings (SSSR count). The van der Waals surface area contributed by atoms with Crippen molar-refractivity contribution < 1.29 is 0 Å². The van der Waals surface area contributed by atoms with E-state index < -0.39 is 0 Å². The van der Waals surface area contributed by atoms with Gasteiger partial charge in [-0.05, 0) is 19.1 Å². The number of aryl methyl sites for hydroxylation is 1. The van der Waals surface area contributed by atoms with Gasteiger partial charge in [-0.15, -0.1) is 11.8 Å². The number of thioether (sulfide) groups is 1. The van der Waals surface area contributed by atoms with Crippen LogP contribution in [-0.4, -0.2) is 23.8 Å². The zero-order valence-corrected chi connectivity index (χ0v) is 11.3. The smallest absolute Gasteiger partial charge is 0.128 e. The summed E-state index contributed by atoms with van der Waals surface area (Å²) >= 11 is 1.87. The van der Waals surface area contributed by atoms with Crippen LogP contribution in [0.1, 0.15) is 26.5 Å². The second-order valence-electron chi connectivity index (χ2n) is 4.86. The largest absolute Gasteiger partial charge is 0.363 e. The quantitative estimate of drug-likeness (QED) is 0.717. The van der Waals surface area contributed by atoms with Crippen LogP contribution < -0.4 is 4.90 Å². The summed E-state index contributed by atoms with van der Waals surface area (Å²) in [6.07, 6.45) is 0. The average molecular weight is 224 g/mol. The summed E-state index contributed by atoms with van der Waals surface area (Å²) in [6.45, 7) is 8.73. The van der Waals surface area contributed by atoms with Crippen LogP contribution >= 0.6 is 11.8 Å². The molecule has 0 bridgehead atoms. The number of aromatic nitrogens is 1. The van der Waals surface area contributed by atoms with Gasteiger partial charge in [0.05, 0.1) is 5.69 Å². The molecule has 0 aliphatic carbocycles. The highest BCUT2D eigenvalue weighted by molar-refractivity contribution is 8.00. The first-order chi connectivity index (χ1) is 6.79. The highest BCUT2D eigenvalue weighted by Gasteiger charge is 2.14. The lowest BCUT2D eigenvalue weighted by atomic mass is 10.3. The van der Waals surface area contributed by atoms with Crippen molar-refractivity contribution in [3.05, 3.63) is 17.8 Å². The highest BCUT2D eigenvalue weighted by Crippen LogP contribution is 2.33. The molecule has 0 aromatic carbocycles. The minimum atomic E-state index is 0.242. The summed E-state index contributed by atoms with van der Waals surface area (Å²) < 4.78 is 0.242. The van der Waals surface area contributed by atoms with E-state index in [-0.39, 0.29) is 4.75 Å². The van der Waals surface area contributed by atoms with Crippen LogP contribution in [0.2, 0.25) is 0 Å². The zero-order valence-electron chi connectivity index (χ0n) is 10.5. The van der Waals surface area contributed by atoms with Crippen LogP contribution in [0.4, 0.5) is 5.82 Å². The zero-order chi connectivity index (χ0) is 11.6. The van der Waals surface area contributed by atoms with Crippen molar-refractivity contribution in [3.8, 4) is 0 Å². The monoisotopic (exact) mass is 224 g/mol. The van der Waals surface area contributed by atoms with Crippen LogP contribution in [0, 0.1) is 6.92 Å². The molecule has 0 aliphatic heterocycles. The fraction of sp³-hybridized carbons (Fsp3) is 0.583. The molecule has 3 heteroatoms. The molecule has 0 fully saturated rings. The molecular weight excluding hydrogens is 204 g/mol. The van der Waals surface area contributed by atoms with Crippen LogP contribution in [0.5, 0.6) is 0 Å². The second kappa shape index (κ2) is 4.44. The molecule has 0 spiro atoms. The molecule has 0 unspecified atom stereocenters. The first kappa shape index (κ1) is 12.4. The Morgan fingerprint density at radius 1 is 1.20 bits per heavy atom. The molecule has 0 aliphatic rings. The van der Waals surface area contributed by atoms with Crippen molar-refractivity contribution in [3.63, 3.8) is 0 Å². The number of hydrogen-bond acceptors (Lipinski definition) is 3. The van der Waals surface area contributed by atoms with Crippen molar-refractivity contribution >= 4 is 17.6 Å². The van der Waals surface area contributed by atoms with Crippen molar-refractivity contribution in [2.24, 2.45) is 0 Å². The molecular formula is C12H20N2S. The Morgan fingerprint density at radius 2 is 1.80 bits per heavy atom. The molecule has 0 amide bonds. The fourth-order valence-corrected chi connectivity index (χ4v) is 2.21. The Balaban J connectivity index is 2.94. The van der Waals surface area contributed by atoms with Gasteiger partial charge in [0.15, 0.2) is 0 Å². The number of rotatable bonds is 2. The van der Waals surface area contributed by atoms with Crippen molar-refractivity contribution in [1.82, 2.24) is 4.98 Å². The van der Waals surface area contributed by atoms with E-state index >= 15 is 0 Å². The summed E-state index contributed by atoms with van der Waals surface area (Å²) in [5, 5.41) is 0. The van der Waals surface area contributed by atoms with Gasteiger partial charge < -0.3 is 4.90 Å². The minimum Gasteiger partial charge on any atom is -0.363 e. The highest BCUT2D eigenvalue weighted by atomic mass is 32.2. The normalized spacial score (nSPS) is 11.6. The van der Waals surface area contributed by atoms with Crippen LogP contribution in [0.25, 0.3) is 0 Å². The molecule has 84 valence electrons. The molecule has 0 N–H and O–H groups in total. The predicted molar refractivity (Wildman–Crippen MR) is 68.9 cm³/mol. The van der Waals surface area contributed by atoms with E-state index in [1.54, 1.807) is 0 Å². The topological polar surface area (TPSA) is 16.1 Å². The lowest BCUT2D eigenvalue weighted by Gasteiger charge is -2.20. The van der Waals surface area contributed by atoms with E-state index in [0.717, 1.165) is 11.5 Å². The summed E-state index contributed by atoms with van der Waals surface area (Å²) in [7, 11) is 4.02. The van der Waals surface area contributed by atoms with Gasteiger partial charge in [-0.3, -0.25) is 0 Å². The molecule has 1 aromatic heterocycles. The lowest BCUT2D eigenvalue weighted by Crippen LogP contribution is -2.12. The SMILES string of the molecule is Cc1nc(N(C)C)ccc1SC(C)(C)C. The first-order valence-corrected chi connectivity index (χ1v) is 5.95. The summed E-state index contributed by atoms with van der Waals surface area (Å²) in [6, 6.07) is 4.23. The predicted octanol–water partition coefficient (Wildman–Crippen LogP) is 3.35. The number of hydrogen-bond donors (Lipinski definition) is 0. The summed E-state index contributed by atoms with van der Waals surface area (Å²) in [5.41, 5.74) is 1.11. The van der Waals surface area contributed by atoms with Crippen molar-refractivity contribution in [1.29, 1.82) is 0 Å². The van der Waals surface area contributed by atoms with Gasteiger partial charge in [-0.1, -0.05) is 20.8 Å². The van der Waals surface area contributed by atoms with Crippen LogP contribution in [-0.2, 0) is 0 Å². The Morgan fingerprint density at radius 3 is 2.20 bits per heavy atom. The third kappa shape index (κ3) is 3.74. The Kier molecular flexibility index (Phi) is 3.66. The van der Waals surface area contributed by atoms with Gasteiger partial charge >= 0.3 is 0 Å². The lowest BCUT2D eigenvalue weighted by molar-refractivity contribution is 0.801. The molecule has 0 radical (unpaired) electrons. The summed E-state index contributed by atoms with van der Waals surface area (Å²) in [5.74, 6) is 1.02. The fourth-order valence-electron chi connectivity index (χ4n) is 1.22. The van der Waals surface area contributed by atoms with Crippen LogP contribution in [0.3, 0.4) is 0 Å². The maximum atomic E-state index is 4.56. The van der Waals surface area contributed by atoms with Gasteiger partial charge in [0, 0.05) is 23.7 Å². The molecule has 0 saturated heterocycles. The average Bonchev–Trinajstić information content (AvgIpc) is 2.05. The summed E-state index contributed by atoms with van der Waals surface area (Å²) in [4.78, 5) is 7.86. The van der Waals surface area contributed by atoms with E-state index in [1.165, 1.54) is 4.90 Å². The van der Waals surface area contributed by atoms with Crippen molar-refractivity contribution in [2.75, 3.05) is 19.0 Å². The number of pyridine rings is 1. The van der Waals surface area contributed by atoms with Gasteiger partial charge in [0.1, 0.15) is 5.82 Å². The third-order valence-electron chi connectivity index (χ3n) is 1.90. The Bertz CT molecular complexity index is 340. The second-order valence-corrected chi connectivity index (χ2v) is 6.73. The maximum Gasteiger partial charge on any atom is 0.128 e. The standard InChI is InChI=1S/C12H20N2S/c1-9-10(15-12(2,3)4)7-8-11(13-9)14(5)6/h7-8H,1-6H3. The van der Waals surface area contributed by atoms with E-state index in [4.69, 9.17) is 0 Å². The molecule has 0 saturated carbocycles. The molecule has 1 aromatic rings. The van der Waals surface area contributed by atoms with Gasteiger partial charge in [0.25, 0.3) is 0 Å². The molecule has 1 heterocycles. The van der Waals surface area contributed by atoms with Gasteiger partial charge in [-0.2, -0.15) is 0 Å². The first-order valence-electron chi connectivity index (χ1n) is 5.13. The minimum absolute atomic E-state index is 0.242. The Hall–Kier alpha value is -0.700. The molecule has 0 atom stereocenters. The molecule has 15 heavy (non-hydrogen) atoms. The van der Waals surface area contributed by atoms with Crippen LogP contribution in [0.15, 0.2) is 17.0 Å². The van der Waals surface area contributed by atoms with E-state index in [9.17, 15) is 0 Å². The van der Waals surface area contributed by atoms with E-state index in [1.807, 2.05) is 30.8 Å². The van der Waals surface area contributed by atoms with Gasteiger partial charge in [-0.25, -0.2) is 4.98 Å². The van der Waals surface area contributed by atoms with E-state index in [0.29, 0.717) is 0 Å². The van der Waals surface area contributed by atoms with Gasteiger partial charge in [0.2, 0.25) is 0 Å². The molecule has 2 nitrogen and oxygen atoms in total. The Labute approximate surface area is 97.1 Å².